The molecule has 20 heavy (non-hydrogen) atoms. The van der Waals surface area contributed by atoms with Gasteiger partial charge in [0.25, 0.3) is 0 Å². The SMILES string of the molecule is CC(C)OCCS(=O)(=O)NC(CCS(C)(=O)=O)C(=O)O. The van der Waals surface area contributed by atoms with Crippen molar-refractivity contribution in [3.8, 4) is 0 Å². The average molecular weight is 331 g/mol. The van der Waals surface area contributed by atoms with Crippen LogP contribution in [0.4, 0.5) is 0 Å². The molecule has 0 rings (SSSR count). The summed E-state index contributed by atoms with van der Waals surface area (Å²) < 4.78 is 52.3. The van der Waals surface area contributed by atoms with Crippen LogP contribution in [0.25, 0.3) is 0 Å². The second-order valence-electron chi connectivity index (χ2n) is 4.67. The highest BCUT2D eigenvalue weighted by Crippen LogP contribution is 2.00. The Bertz CT molecular complexity index is 510. The van der Waals surface area contributed by atoms with Gasteiger partial charge in [0.05, 0.1) is 24.2 Å². The second-order valence-corrected chi connectivity index (χ2v) is 8.80. The Kier molecular flexibility index (Phi) is 7.63. The molecule has 0 aromatic carbocycles. The summed E-state index contributed by atoms with van der Waals surface area (Å²) in [5.74, 6) is -2.20. The lowest BCUT2D eigenvalue weighted by Crippen LogP contribution is -2.43. The van der Waals surface area contributed by atoms with E-state index >= 15 is 0 Å². The van der Waals surface area contributed by atoms with E-state index in [1.54, 1.807) is 13.8 Å². The van der Waals surface area contributed by atoms with E-state index in [-0.39, 0.29) is 24.9 Å². The minimum Gasteiger partial charge on any atom is -0.480 e. The number of carbonyl (C=O) groups is 1. The number of aliphatic carboxylic acids is 1. The maximum atomic E-state index is 11.6. The van der Waals surface area contributed by atoms with Crippen molar-refractivity contribution < 1.29 is 31.5 Å². The fourth-order valence-corrected chi connectivity index (χ4v) is 2.98. The average Bonchev–Trinajstić information content (AvgIpc) is 2.21. The van der Waals surface area contributed by atoms with Gasteiger partial charge in [0.15, 0.2) is 0 Å². The molecule has 0 radical (unpaired) electrons. The van der Waals surface area contributed by atoms with Crippen LogP contribution in [-0.4, -0.2) is 64.4 Å². The molecule has 0 aliphatic carbocycles. The van der Waals surface area contributed by atoms with Gasteiger partial charge in [-0.1, -0.05) is 0 Å². The molecule has 0 saturated heterocycles. The van der Waals surface area contributed by atoms with Gasteiger partial charge >= 0.3 is 5.97 Å². The standard InChI is InChI=1S/C10H21NO7S2/c1-8(2)18-5-7-20(16,17)11-9(10(12)13)4-6-19(3,14)15/h8-9,11H,4-7H2,1-3H3,(H,12,13). The monoisotopic (exact) mass is 331 g/mol. The van der Waals surface area contributed by atoms with Gasteiger partial charge < -0.3 is 9.84 Å². The third-order valence-electron chi connectivity index (χ3n) is 2.20. The van der Waals surface area contributed by atoms with Crippen LogP contribution in [0.1, 0.15) is 20.3 Å². The maximum Gasteiger partial charge on any atom is 0.321 e. The van der Waals surface area contributed by atoms with E-state index in [0.717, 1.165) is 6.26 Å². The van der Waals surface area contributed by atoms with E-state index in [1.807, 2.05) is 4.72 Å². The Hall–Kier alpha value is -0.710. The van der Waals surface area contributed by atoms with E-state index in [1.165, 1.54) is 0 Å². The highest BCUT2D eigenvalue weighted by Gasteiger charge is 2.25. The number of carboxylic acid groups (broad SMARTS) is 1. The maximum absolute atomic E-state index is 11.6. The molecule has 1 unspecified atom stereocenters. The first-order valence-corrected chi connectivity index (χ1v) is 9.66. The molecule has 0 fully saturated rings. The molecule has 0 aliphatic rings. The zero-order valence-corrected chi connectivity index (χ0v) is 13.3. The first-order valence-electron chi connectivity index (χ1n) is 5.95. The van der Waals surface area contributed by atoms with Crippen molar-refractivity contribution in [2.45, 2.75) is 32.4 Å². The van der Waals surface area contributed by atoms with Crippen molar-refractivity contribution in [2.24, 2.45) is 0 Å². The summed E-state index contributed by atoms with van der Waals surface area (Å²) in [7, 11) is -7.20. The topological polar surface area (TPSA) is 127 Å². The zero-order valence-electron chi connectivity index (χ0n) is 11.7. The van der Waals surface area contributed by atoms with Gasteiger partial charge in [-0.05, 0) is 20.3 Å². The third kappa shape index (κ3) is 10.1. The van der Waals surface area contributed by atoms with Gasteiger partial charge in [-0.3, -0.25) is 4.79 Å². The molecular formula is C10H21NO7S2. The fraction of sp³-hybridized carbons (Fsp3) is 0.900. The Morgan fingerprint density at radius 1 is 1.20 bits per heavy atom. The lowest BCUT2D eigenvalue weighted by atomic mass is 10.2. The first-order chi connectivity index (χ1) is 8.93. The van der Waals surface area contributed by atoms with Gasteiger partial charge in [0.1, 0.15) is 15.9 Å². The van der Waals surface area contributed by atoms with Crippen LogP contribution in [0.15, 0.2) is 0 Å². The van der Waals surface area contributed by atoms with Crippen molar-refractivity contribution in [2.75, 3.05) is 24.4 Å². The smallest absolute Gasteiger partial charge is 0.321 e. The highest BCUT2D eigenvalue weighted by atomic mass is 32.2. The molecule has 0 heterocycles. The number of rotatable bonds is 10. The summed E-state index contributed by atoms with van der Waals surface area (Å²) in [6, 6.07) is -1.46. The molecule has 0 spiro atoms. The van der Waals surface area contributed by atoms with Crippen LogP contribution in [-0.2, 0) is 29.4 Å². The summed E-state index contributed by atoms with van der Waals surface area (Å²) in [4.78, 5) is 10.9. The molecular weight excluding hydrogens is 310 g/mol. The van der Waals surface area contributed by atoms with Crippen molar-refractivity contribution in [3.63, 3.8) is 0 Å². The molecule has 0 aromatic rings. The van der Waals surface area contributed by atoms with E-state index < -0.39 is 37.6 Å². The minimum atomic E-state index is -3.84. The van der Waals surface area contributed by atoms with E-state index in [0.29, 0.717) is 0 Å². The normalized spacial score (nSPS) is 14.4. The zero-order chi connectivity index (χ0) is 16.0. The summed E-state index contributed by atoms with van der Waals surface area (Å²) >= 11 is 0. The molecule has 0 aliphatic heterocycles. The minimum absolute atomic E-state index is 0.0641. The molecule has 0 amide bonds. The van der Waals surface area contributed by atoms with Gasteiger partial charge in [-0.25, -0.2) is 21.6 Å². The summed E-state index contributed by atoms with van der Waals surface area (Å²) in [5.41, 5.74) is 0. The van der Waals surface area contributed by atoms with Crippen molar-refractivity contribution in [1.29, 1.82) is 0 Å². The quantitative estimate of drug-likeness (QED) is 0.537. The Balaban J connectivity index is 4.54. The van der Waals surface area contributed by atoms with E-state index in [2.05, 4.69) is 0 Å². The first kappa shape index (κ1) is 19.3. The van der Waals surface area contributed by atoms with Gasteiger partial charge in [0.2, 0.25) is 10.0 Å². The molecule has 0 saturated carbocycles. The van der Waals surface area contributed by atoms with Crippen LogP contribution in [0.2, 0.25) is 0 Å². The molecule has 10 heteroatoms. The molecule has 0 bridgehead atoms. The van der Waals surface area contributed by atoms with Crippen molar-refractivity contribution in [3.05, 3.63) is 0 Å². The fourth-order valence-electron chi connectivity index (χ4n) is 1.23. The molecule has 0 aromatic heterocycles. The van der Waals surface area contributed by atoms with Crippen LogP contribution in [0.3, 0.4) is 0 Å². The molecule has 8 nitrogen and oxygen atoms in total. The van der Waals surface area contributed by atoms with Crippen molar-refractivity contribution in [1.82, 2.24) is 4.72 Å². The van der Waals surface area contributed by atoms with Gasteiger partial charge in [0, 0.05) is 6.26 Å². The number of carboxylic acids is 1. The summed E-state index contributed by atoms with van der Waals surface area (Å²) in [6.45, 7) is 3.42. The number of sulfone groups is 1. The summed E-state index contributed by atoms with van der Waals surface area (Å²) in [6.07, 6.45) is 0.501. The Labute approximate surface area is 119 Å². The Morgan fingerprint density at radius 2 is 1.75 bits per heavy atom. The number of sulfonamides is 1. The lowest BCUT2D eigenvalue weighted by molar-refractivity contribution is -0.139. The number of hydrogen-bond acceptors (Lipinski definition) is 6. The Morgan fingerprint density at radius 3 is 2.15 bits per heavy atom. The molecule has 1 atom stereocenters. The third-order valence-corrected chi connectivity index (χ3v) is 4.53. The van der Waals surface area contributed by atoms with E-state index in [4.69, 9.17) is 9.84 Å². The predicted octanol–water partition coefficient (Wildman–Crippen LogP) is -0.781. The number of hydrogen-bond donors (Lipinski definition) is 2. The number of nitrogens with one attached hydrogen (secondary N) is 1. The number of ether oxygens (including phenoxy) is 1. The van der Waals surface area contributed by atoms with Gasteiger partial charge in [-0.15, -0.1) is 0 Å². The molecule has 120 valence electrons. The van der Waals surface area contributed by atoms with Crippen LogP contribution >= 0.6 is 0 Å². The highest BCUT2D eigenvalue weighted by molar-refractivity contribution is 7.90. The van der Waals surface area contributed by atoms with Gasteiger partial charge in [-0.2, -0.15) is 0 Å². The molecule has 2 N–H and O–H groups in total. The van der Waals surface area contributed by atoms with Crippen LogP contribution in [0, 0.1) is 0 Å². The second kappa shape index (κ2) is 7.91. The largest absolute Gasteiger partial charge is 0.480 e. The summed E-state index contributed by atoms with van der Waals surface area (Å²) in [5, 5.41) is 8.89. The van der Waals surface area contributed by atoms with Crippen LogP contribution < -0.4 is 4.72 Å². The van der Waals surface area contributed by atoms with E-state index in [9.17, 15) is 21.6 Å². The predicted molar refractivity (Wildman–Crippen MR) is 73.8 cm³/mol. The van der Waals surface area contributed by atoms with Crippen molar-refractivity contribution >= 4 is 25.8 Å². The van der Waals surface area contributed by atoms with Crippen LogP contribution in [0.5, 0.6) is 0 Å². The lowest BCUT2D eigenvalue weighted by Gasteiger charge is -2.15.